The summed E-state index contributed by atoms with van der Waals surface area (Å²) in [6, 6.07) is 14.8. The number of carbonyl (C=O) groups is 1. The molecule has 3 heteroatoms. The van der Waals surface area contributed by atoms with E-state index in [0.29, 0.717) is 17.5 Å². The topological polar surface area (TPSA) is 40.9 Å². The van der Waals surface area contributed by atoms with Crippen LogP contribution in [0.4, 0.5) is 4.39 Å². The summed E-state index contributed by atoms with van der Waals surface area (Å²) in [5, 5.41) is 9.27. The molecule has 0 aliphatic heterocycles. The highest BCUT2D eigenvalue weighted by atomic mass is 19.1. The molecule has 0 aliphatic rings. The number of nitrogens with zero attached hydrogens (tertiary/aromatic N) is 1. The average Bonchev–Trinajstić information content (AvgIpc) is 2.48. The highest BCUT2D eigenvalue weighted by Gasteiger charge is 2.23. The quantitative estimate of drug-likeness (QED) is 0.789. The van der Waals surface area contributed by atoms with Crippen molar-refractivity contribution in [2.45, 2.75) is 19.3 Å². The maximum atomic E-state index is 13.3. The third kappa shape index (κ3) is 2.75. The van der Waals surface area contributed by atoms with Gasteiger partial charge in [-0.05, 0) is 29.7 Å². The Labute approximate surface area is 117 Å². The van der Waals surface area contributed by atoms with Gasteiger partial charge < -0.3 is 0 Å². The van der Waals surface area contributed by atoms with E-state index in [4.69, 9.17) is 0 Å². The van der Waals surface area contributed by atoms with E-state index in [1.54, 1.807) is 18.2 Å². The van der Waals surface area contributed by atoms with E-state index in [0.717, 1.165) is 5.56 Å². The lowest BCUT2D eigenvalue weighted by Gasteiger charge is -2.11. The zero-order chi connectivity index (χ0) is 14.5. The van der Waals surface area contributed by atoms with Crippen LogP contribution in [0.25, 0.3) is 0 Å². The largest absolute Gasteiger partial charge is 0.292 e. The van der Waals surface area contributed by atoms with Gasteiger partial charge in [-0.2, -0.15) is 5.26 Å². The molecule has 0 spiro atoms. The molecular weight excluding hydrogens is 253 g/mol. The van der Waals surface area contributed by atoms with Crippen molar-refractivity contribution >= 4 is 5.78 Å². The van der Waals surface area contributed by atoms with Crippen LogP contribution in [0.3, 0.4) is 0 Å². The fourth-order valence-corrected chi connectivity index (χ4v) is 2.20. The van der Waals surface area contributed by atoms with Gasteiger partial charge in [0.05, 0.1) is 6.07 Å². The van der Waals surface area contributed by atoms with Gasteiger partial charge in [0.2, 0.25) is 0 Å². The Balaban J connectivity index is 2.42. The Kier molecular flexibility index (Phi) is 4.27. The second-order valence-corrected chi connectivity index (χ2v) is 4.49. The van der Waals surface area contributed by atoms with Crippen molar-refractivity contribution in [2.75, 3.05) is 0 Å². The number of rotatable bonds is 4. The number of Topliss-reactive ketones (excluding diaryl/α,β-unsaturated/α-hetero) is 1. The number of nitriles is 1. The summed E-state index contributed by atoms with van der Waals surface area (Å²) >= 11 is 0. The van der Waals surface area contributed by atoms with Crippen LogP contribution in [0.15, 0.2) is 48.5 Å². The van der Waals surface area contributed by atoms with Gasteiger partial charge in [0, 0.05) is 5.56 Å². The Bertz CT molecular complexity index is 673. The molecule has 0 saturated heterocycles. The lowest BCUT2D eigenvalue weighted by Crippen LogP contribution is -2.13. The summed E-state index contributed by atoms with van der Waals surface area (Å²) in [4.78, 5) is 12.5. The molecule has 2 aromatic carbocycles. The maximum Gasteiger partial charge on any atom is 0.184 e. The van der Waals surface area contributed by atoms with Gasteiger partial charge in [0.1, 0.15) is 11.7 Å². The van der Waals surface area contributed by atoms with Crippen LogP contribution in [-0.4, -0.2) is 5.78 Å². The molecule has 100 valence electrons. The number of hydrogen-bond donors (Lipinski definition) is 0. The number of carbonyl (C=O) groups excluding carboxylic acids is 1. The number of ketones is 1. The van der Waals surface area contributed by atoms with Crippen molar-refractivity contribution in [1.82, 2.24) is 0 Å². The zero-order valence-corrected chi connectivity index (χ0v) is 11.1. The minimum Gasteiger partial charge on any atom is -0.292 e. The van der Waals surface area contributed by atoms with Crippen LogP contribution >= 0.6 is 0 Å². The van der Waals surface area contributed by atoms with E-state index in [1.807, 2.05) is 25.1 Å². The summed E-state index contributed by atoms with van der Waals surface area (Å²) in [5.41, 5.74) is 1.82. The highest BCUT2D eigenvalue weighted by molar-refractivity contribution is 6.03. The molecule has 0 heterocycles. The molecule has 2 rings (SSSR count). The molecule has 0 N–H and O–H groups in total. The van der Waals surface area contributed by atoms with Crippen LogP contribution in [0, 0.1) is 17.1 Å². The summed E-state index contributed by atoms with van der Waals surface area (Å²) in [5.74, 6) is -1.70. The van der Waals surface area contributed by atoms with E-state index in [1.165, 1.54) is 18.2 Å². The summed E-state index contributed by atoms with van der Waals surface area (Å²) in [6.45, 7) is 1.95. The lowest BCUT2D eigenvalue weighted by atomic mass is 9.89. The van der Waals surface area contributed by atoms with Crippen molar-refractivity contribution in [2.24, 2.45) is 0 Å². The molecule has 1 atom stereocenters. The predicted molar refractivity (Wildman–Crippen MR) is 74.9 cm³/mol. The number of benzene rings is 2. The summed E-state index contributed by atoms with van der Waals surface area (Å²) in [6.07, 6.45) is 0.712. The van der Waals surface area contributed by atoms with E-state index in [2.05, 4.69) is 0 Å². The summed E-state index contributed by atoms with van der Waals surface area (Å²) in [7, 11) is 0. The van der Waals surface area contributed by atoms with Crippen LogP contribution in [0.1, 0.15) is 34.3 Å². The van der Waals surface area contributed by atoms with Gasteiger partial charge in [0.15, 0.2) is 5.78 Å². The third-order valence-corrected chi connectivity index (χ3v) is 3.24. The molecule has 0 aliphatic carbocycles. The van der Waals surface area contributed by atoms with E-state index < -0.39 is 11.7 Å². The monoisotopic (exact) mass is 267 g/mol. The minimum absolute atomic E-state index is 0.282. The van der Waals surface area contributed by atoms with E-state index in [9.17, 15) is 14.4 Å². The molecule has 20 heavy (non-hydrogen) atoms. The molecule has 0 bridgehead atoms. The minimum atomic E-state index is -0.974. The summed E-state index contributed by atoms with van der Waals surface area (Å²) < 4.78 is 13.3. The first-order valence-corrected chi connectivity index (χ1v) is 6.44. The Morgan fingerprint density at radius 1 is 1.25 bits per heavy atom. The van der Waals surface area contributed by atoms with Crippen LogP contribution in [0.2, 0.25) is 0 Å². The normalized spacial score (nSPS) is 11.7. The Morgan fingerprint density at radius 2 is 2.00 bits per heavy atom. The van der Waals surface area contributed by atoms with Crippen LogP contribution in [0.5, 0.6) is 0 Å². The highest BCUT2D eigenvalue weighted by Crippen LogP contribution is 2.23. The maximum absolute atomic E-state index is 13.3. The Hall–Kier alpha value is -2.47. The fourth-order valence-electron chi connectivity index (χ4n) is 2.20. The molecule has 0 amide bonds. The second kappa shape index (κ2) is 6.12. The Morgan fingerprint density at radius 3 is 2.65 bits per heavy atom. The number of aryl methyl sites for hydroxylation is 1. The van der Waals surface area contributed by atoms with Crippen LogP contribution in [-0.2, 0) is 6.42 Å². The SMILES string of the molecule is CCc1ccccc1C(=O)C(C#N)c1cccc(F)c1. The first-order valence-electron chi connectivity index (χ1n) is 6.44. The molecule has 0 aromatic heterocycles. The third-order valence-electron chi connectivity index (χ3n) is 3.24. The van der Waals surface area contributed by atoms with Gasteiger partial charge in [-0.15, -0.1) is 0 Å². The first kappa shape index (κ1) is 14.0. The first-order chi connectivity index (χ1) is 9.67. The second-order valence-electron chi connectivity index (χ2n) is 4.49. The molecule has 0 radical (unpaired) electrons. The smallest absolute Gasteiger partial charge is 0.184 e. The molecule has 0 saturated carbocycles. The van der Waals surface area contributed by atoms with E-state index >= 15 is 0 Å². The zero-order valence-electron chi connectivity index (χ0n) is 11.1. The number of hydrogen-bond acceptors (Lipinski definition) is 2. The standard InChI is InChI=1S/C17H14FNO/c1-2-12-6-3-4-9-15(12)17(20)16(11-19)13-7-5-8-14(18)10-13/h3-10,16H,2H2,1H3. The van der Waals surface area contributed by atoms with Crippen LogP contribution < -0.4 is 0 Å². The predicted octanol–water partition coefficient (Wildman–Crippen LogP) is 3.88. The van der Waals surface area contributed by atoms with Gasteiger partial charge in [-0.25, -0.2) is 4.39 Å². The van der Waals surface area contributed by atoms with Crippen molar-refractivity contribution in [3.05, 3.63) is 71.0 Å². The van der Waals surface area contributed by atoms with Gasteiger partial charge in [-0.1, -0.05) is 43.3 Å². The lowest BCUT2D eigenvalue weighted by molar-refractivity contribution is 0.0978. The van der Waals surface area contributed by atoms with Gasteiger partial charge in [0.25, 0.3) is 0 Å². The van der Waals surface area contributed by atoms with E-state index in [-0.39, 0.29) is 5.78 Å². The average molecular weight is 267 g/mol. The van der Waals surface area contributed by atoms with Gasteiger partial charge in [-0.3, -0.25) is 4.79 Å². The molecule has 2 nitrogen and oxygen atoms in total. The van der Waals surface area contributed by atoms with Crippen molar-refractivity contribution < 1.29 is 9.18 Å². The van der Waals surface area contributed by atoms with Crippen molar-refractivity contribution in [3.8, 4) is 6.07 Å². The van der Waals surface area contributed by atoms with Gasteiger partial charge >= 0.3 is 0 Å². The molecule has 2 aromatic rings. The molecule has 0 fully saturated rings. The number of halogens is 1. The molecular formula is C17H14FNO. The fraction of sp³-hybridized carbons (Fsp3) is 0.176. The molecule has 1 unspecified atom stereocenters. The van der Waals surface area contributed by atoms with Crippen molar-refractivity contribution in [1.29, 1.82) is 5.26 Å². The van der Waals surface area contributed by atoms with Crippen molar-refractivity contribution in [3.63, 3.8) is 0 Å².